The van der Waals surface area contributed by atoms with Crippen molar-refractivity contribution in [1.29, 1.82) is 0 Å². The molecule has 0 bridgehead atoms. The van der Waals surface area contributed by atoms with Crippen LogP contribution in [0.5, 0.6) is 0 Å². The number of nitrogens with one attached hydrogen (secondary N) is 1. The molecule has 0 radical (unpaired) electrons. The minimum absolute atomic E-state index is 0.813. The third-order valence-corrected chi connectivity index (χ3v) is 4.41. The van der Waals surface area contributed by atoms with Crippen molar-refractivity contribution < 1.29 is 46.1 Å². The van der Waals surface area contributed by atoms with Gasteiger partial charge < -0.3 is 15.5 Å². The van der Waals surface area contributed by atoms with Crippen LogP contribution in [0.25, 0.3) is 0 Å². The zero-order chi connectivity index (χ0) is 21.0. The fourth-order valence-corrected chi connectivity index (χ4v) is 2.80. The summed E-state index contributed by atoms with van der Waals surface area (Å²) >= 11 is 2.10. The van der Waals surface area contributed by atoms with E-state index in [2.05, 4.69) is 31.1 Å². The van der Waals surface area contributed by atoms with Crippen LogP contribution >= 0.6 is 11.8 Å². The molecule has 1 fully saturated rings. The van der Waals surface area contributed by atoms with Crippen LogP contribution in [-0.4, -0.2) is 59.1 Å². The summed E-state index contributed by atoms with van der Waals surface area (Å²) in [6.07, 6.45) is -4.49. The first-order chi connectivity index (χ1) is 11.8. The average molecular weight is 415 g/mol. The number of halogens is 6. The summed E-state index contributed by atoms with van der Waals surface area (Å²) in [5.74, 6) is -1.82. The Morgan fingerprint density at radius 2 is 1.31 bits per heavy atom. The van der Waals surface area contributed by atoms with E-state index in [0.29, 0.717) is 0 Å². The van der Waals surface area contributed by atoms with E-state index in [0.717, 1.165) is 12.0 Å². The zero-order valence-corrected chi connectivity index (χ0v) is 15.1. The Morgan fingerprint density at radius 1 is 0.962 bits per heavy atom. The maximum absolute atomic E-state index is 10.6. The largest absolute Gasteiger partial charge is 0.490 e. The highest BCUT2D eigenvalue weighted by molar-refractivity contribution is 7.99. The first-order valence-electron chi connectivity index (χ1n) is 7.60. The lowest BCUT2D eigenvalue weighted by molar-refractivity contribution is -0.193. The lowest BCUT2D eigenvalue weighted by Crippen LogP contribution is -2.30. The van der Waals surface area contributed by atoms with E-state index in [4.69, 9.17) is 19.8 Å². The highest BCUT2D eigenvalue weighted by atomic mass is 32.2. The minimum Gasteiger partial charge on any atom is -0.475 e. The van der Waals surface area contributed by atoms with E-state index < -0.39 is 24.3 Å². The van der Waals surface area contributed by atoms with Gasteiger partial charge >= 0.3 is 24.3 Å². The van der Waals surface area contributed by atoms with Crippen molar-refractivity contribution in [2.45, 2.75) is 51.0 Å². The molecule has 0 aliphatic heterocycles. The number of alkyl halides is 6. The third kappa shape index (κ3) is 15.1. The van der Waals surface area contributed by atoms with Crippen LogP contribution in [0.3, 0.4) is 0 Å². The summed E-state index contributed by atoms with van der Waals surface area (Å²) < 4.78 is 63.5. The standard InChI is InChI=1S/C10H21NS.2C2HF3O2/c1-3-12-8-9-4-6-10(11-2)7-5-9;2*3-2(4,5)1(6)7/h9-11H,3-8H2,1-2H3;2*(H,6,7)/t9-,10-;;. The molecule has 0 heterocycles. The lowest BCUT2D eigenvalue weighted by Gasteiger charge is -2.27. The lowest BCUT2D eigenvalue weighted by atomic mass is 9.87. The van der Waals surface area contributed by atoms with Crippen LogP contribution in [0.2, 0.25) is 0 Å². The molecule has 1 saturated carbocycles. The summed E-state index contributed by atoms with van der Waals surface area (Å²) in [6, 6.07) is 0.813. The van der Waals surface area contributed by atoms with E-state index in [1.807, 2.05) is 0 Å². The van der Waals surface area contributed by atoms with Gasteiger partial charge in [0.25, 0.3) is 0 Å². The molecule has 0 aromatic carbocycles. The van der Waals surface area contributed by atoms with Gasteiger partial charge in [-0.05, 0) is 50.2 Å². The molecule has 0 unspecified atom stereocenters. The van der Waals surface area contributed by atoms with Gasteiger partial charge in [0.2, 0.25) is 0 Å². The second kappa shape index (κ2) is 13.1. The van der Waals surface area contributed by atoms with Gasteiger partial charge in [-0.3, -0.25) is 0 Å². The number of carboxylic acid groups (broad SMARTS) is 2. The van der Waals surface area contributed by atoms with E-state index in [-0.39, 0.29) is 0 Å². The van der Waals surface area contributed by atoms with Crippen molar-refractivity contribution >= 4 is 23.7 Å². The number of hydrogen-bond acceptors (Lipinski definition) is 4. The Bertz CT molecular complexity index is 385. The van der Waals surface area contributed by atoms with Crippen molar-refractivity contribution in [2.24, 2.45) is 5.92 Å². The molecular weight excluding hydrogens is 392 g/mol. The number of hydrogen-bond donors (Lipinski definition) is 3. The number of thioether (sulfide) groups is 1. The van der Waals surface area contributed by atoms with Gasteiger partial charge in [-0.25, -0.2) is 9.59 Å². The molecule has 12 heteroatoms. The summed E-state index contributed by atoms with van der Waals surface area (Å²) in [6.45, 7) is 2.25. The molecule has 0 spiro atoms. The fraction of sp³-hybridized carbons (Fsp3) is 0.857. The summed E-state index contributed by atoms with van der Waals surface area (Å²) in [5, 5.41) is 17.6. The van der Waals surface area contributed by atoms with E-state index in [1.54, 1.807) is 0 Å². The monoisotopic (exact) mass is 415 g/mol. The Labute approximate surface area is 151 Å². The fourth-order valence-electron chi connectivity index (χ4n) is 1.90. The van der Waals surface area contributed by atoms with E-state index in [9.17, 15) is 26.3 Å². The number of carboxylic acids is 2. The van der Waals surface area contributed by atoms with Gasteiger partial charge in [0, 0.05) is 6.04 Å². The summed E-state index contributed by atoms with van der Waals surface area (Å²) in [5.41, 5.74) is 0. The van der Waals surface area contributed by atoms with Crippen molar-refractivity contribution in [3.05, 3.63) is 0 Å². The molecule has 156 valence electrons. The van der Waals surface area contributed by atoms with Crippen molar-refractivity contribution in [3.63, 3.8) is 0 Å². The first kappa shape index (κ1) is 27.1. The molecular formula is C14H23F6NO4S. The van der Waals surface area contributed by atoms with Gasteiger partial charge in [-0.15, -0.1) is 0 Å². The van der Waals surface area contributed by atoms with Crippen LogP contribution in [0.15, 0.2) is 0 Å². The number of aliphatic carboxylic acids is 2. The van der Waals surface area contributed by atoms with E-state index in [1.165, 1.54) is 37.2 Å². The quantitative estimate of drug-likeness (QED) is 0.606. The molecule has 0 amide bonds. The molecule has 5 nitrogen and oxygen atoms in total. The van der Waals surface area contributed by atoms with Crippen LogP contribution in [0.4, 0.5) is 26.3 Å². The normalized spacial score (nSPS) is 20.2. The molecule has 1 aliphatic rings. The smallest absolute Gasteiger partial charge is 0.475 e. The SMILES string of the molecule is CCSC[C@H]1CC[C@H](NC)CC1.O=C(O)C(F)(F)F.O=C(O)C(F)(F)F. The molecule has 1 aliphatic carbocycles. The molecule has 0 aromatic heterocycles. The molecule has 3 N–H and O–H groups in total. The predicted molar refractivity (Wildman–Crippen MR) is 85.2 cm³/mol. The van der Waals surface area contributed by atoms with Crippen molar-refractivity contribution in [2.75, 3.05) is 18.6 Å². The Hall–Kier alpha value is -1.17. The Balaban J connectivity index is 0. The summed E-state index contributed by atoms with van der Waals surface area (Å²) in [4.78, 5) is 17.8. The predicted octanol–water partition coefficient (Wildman–Crippen LogP) is 3.78. The number of rotatable bonds is 4. The van der Waals surface area contributed by atoms with Crippen molar-refractivity contribution in [3.8, 4) is 0 Å². The molecule has 0 aromatic rings. The first-order valence-corrected chi connectivity index (χ1v) is 8.76. The highest BCUT2D eigenvalue weighted by Crippen LogP contribution is 2.26. The van der Waals surface area contributed by atoms with Crippen LogP contribution < -0.4 is 5.32 Å². The van der Waals surface area contributed by atoms with Crippen LogP contribution in [0.1, 0.15) is 32.6 Å². The minimum atomic E-state index is -5.08. The maximum Gasteiger partial charge on any atom is 0.490 e. The van der Waals surface area contributed by atoms with Gasteiger partial charge in [0.1, 0.15) is 0 Å². The average Bonchev–Trinajstić information content (AvgIpc) is 2.52. The molecule has 1 rings (SSSR count). The van der Waals surface area contributed by atoms with Gasteiger partial charge in [0.05, 0.1) is 0 Å². The second-order valence-electron chi connectivity index (χ2n) is 5.27. The van der Waals surface area contributed by atoms with Crippen LogP contribution in [-0.2, 0) is 9.59 Å². The molecule has 0 saturated heterocycles. The summed E-state index contributed by atoms with van der Waals surface area (Å²) in [7, 11) is 2.09. The molecule has 26 heavy (non-hydrogen) atoms. The molecule has 0 atom stereocenters. The maximum atomic E-state index is 10.6. The topological polar surface area (TPSA) is 86.6 Å². The highest BCUT2D eigenvalue weighted by Gasteiger charge is 2.38. The number of carbonyl (C=O) groups is 2. The van der Waals surface area contributed by atoms with Gasteiger partial charge in [-0.2, -0.15) is 38.1 Å². The third-order valence-electron chi connectivity index (χ3n) is 3.30. The Morgan fingerprint density at radius 3 is 1.54 bits per heavy atom. The Kier molecular flexibility index (Phi) is 13.6. The van der Waals surface area contributed by atoms with Gasteiger partial charge in [-0.1, -0.05) is 6.92 Å². The van der Waals surface area contributed by atoms with Crippen LogP contribution in [0, 0.1) is 5.92 Å². The van der Waals surface area contributed by atoms with Crippen molar-refractivity contribution in [1.82, 2.24) is 5.32 Å². The zero-order valence-electron chi connectivity index (χ0n) is 14.3. The van der Waals surface area contributed by atoms with E-state index >= 15 is 0 Å². The second-order valence-corrected chi connectivity index (χ2v) is 6.59. The van der Waals surface area contributed by atoms with Gasteiger partial charge in [0.15, 0.2) is 0 Å².